The summed E-state index contributed by atoms with van der Waals surface area (Å²) in [6.45, 7) is 6.24. The van der Waals surface area contributed by atoms with E-state index in [9.17, 15) is 4.79 Å². The van der Waals surface area contributed by atoms with Gasteiger partial charge in [-0.3, -0.25) is 0 Å². The number of hydrogen-bond acceptors (Lipinski definition) is 6. The van der Waals surface area contributed by atoms with Gasteiger partial charge in [0.25, 0.3) is 0 Å². The van der Waals surface area contributed by atoms with E-state index in [4.69, 9.17) is 23.7 Å². The summed E-state index contributed by atoms with van der Waals surface area (Å²) in [5.41, 5.74) is 3.70. The normalized spacial score (nSPS) is 14.0. The van der Waals surface area contributed by atoms with Crippen LogP contribution in [0.1, 0.15) is 44.2 Å². The van der Waals surface area contributed by atoms with E-state index in [1.807, 2.05) is 42.5 Å². The Hall–Kier alpha value is -3.35. The van der Waals surface area contributed by atoms with Gasteiger partial charge in [0.05, 0.1) is 26.4 Å². The van der Waals surface area contributed by atoms with Crippen LogP contribution >= 0.6 is 0 Å². The van der Waals surface area contributed by atoms with Crippen molar-refractivity contribution in [3.8, 4) is 22.6 Å². The third kappa shape index (κ3) is 7.34. The fourth-order valence-corrected chi connectivity index (χ4v) is 4.17. The second-order valence-corrected chi connectivity index (χ2v) is 9.17. The molecular formula is C31H36O6. The number of hydrogen-bond donors (Lipinski definition) is 0. The summed E-state index contributed by atoms with van der Waals surface area (Å²) in [7, 11) is 0. The molecule has 0 atom stereocenters. The standard InChI is InChI=1S/C31H36O6/c1-3-5-6-18-35-28-14-10-25(11-15-28)26-9-7-8-24(19-26)20-36-29-16-12-27(13-17-29)31(22-33-23-31)37-21-30(32)34-4-2/h7-17,19H,3-6,18,20-23H2,1-2H3. The van der Waals surface area contributed by atoms with Crippen molar-refractivity contribution in [1.29, 1.82) is 0 Å². The van der Waals surface area contributed by atoms with Crippen LogP contribution in [0.5, 0.6) is 11.5 Å². The number of esters is 1. The SMILES string of the molecule is CCCCCOc1ccc(-c2cccc(COc3ccc(C4(OCC(=O)OCC)COC4)cc3)c2)cc1. The molecule has 37 heavy (non-hydrogen) atoms. The molecule has 0 N–H and O–H groups in total. The number of ether oxygens (including phenoxy) is 5. The van der Waals surface area contributed by atoms with Crippen LogP contribution in [0.3, 0.4) is 0 Å². The highest BCUT2D eigenvalue weighted by Crippen LogP contribution is 2.35. The van der Waals surface area contributed by atoms with Crippen molar-refractivity contribution >= 4 is 5.97 Å². The zero-order valence-electron chi connectivity index (χ0n) is 21.7. The van der Waals surface area contributed by atoms with Crippen molar-refractivity contribution in [2.45, 2.75) is 45.3 Å². The van der Waals surface area contributed by atoms with Gasteiger partial charge in [0.2, 0.25) is 0 Å². The van der Waals surface area contributed by atoms with Crippen LogP contribution in [0.4, 0.5) is 0 Å². The van der Waals surface area contributed by atoms with E-state index in [1.54, 1.807) is 6.92 Å². The van der Waals surface area contributed by atoms with E-state index in [-0.39, 0.29) is 12.6 Å². The Morgan fingerprint density at radius 2 is 1.59 bits per heavy atom. The minimum Gasteiger partial charge on any atom is -0.494 e. The Balaban J connectivity index is 1.32. The van der Waals surface area contributed by atoms with Crippen LogP contribution in [0.2, 0.25) is 0 Å². The lowest BCUT2D eigenvalue weighted by Crippen LogP contribution is -2.49. The van der Waals surface area contributed by atoms with Gasteiger partial charge in [-0.2, -0.15) is 0 Å². The van der Waals surface area contributed by atoms with Crippen LogP contribution in [-0.2, 0) is 31.2 Å². The van der Waals surface area contributed by atoms with Crippen LogP contribution < -0.4 is 9.47 Å². The van der Waals surface area contributed by atoms with Crippen LogP contribution in [0.15, 0.2) is 72.8 Å². The first-order valence-corrected chi connectivity index (χ1v) is 13.0. The Labute approximate surface area is 219 Å². The maximum atomic E-state index is 11.7. The van der Waals surface area contributed by atoms with E-state index in [0.717, 1.165) is 46.8 Å². The first kappa shape index (κ1) is 26.7. The molecule has 1 aliphatic rings. The molecule has 0 amide bonds. The van der Waals surface area contributed by atoms with Gasteiger partial charge >= 0.3 is 5.97 Å². The fourth-order valence-electron chi connectivity index (χ4n) is 4.17. The molecule has 3 aromatic rings. The summed E-state index contributed by atoms with van der Waals surface area (Å²) in [5.74, 6) is 1.30. The molecule has 1 saturated heterocycles. The quantitative estimate of drug-likeness (QED) is 0.189. The van der Waals surface area contributed by atoms with E-state index in [0.29, 0.717) is 26.4 Å². The van der Waals surface area contributed by atoms with Gasteiger partial charge in [0.1, 0.15) is 30.3 Å². The molecule has 1 aliphatic heterocycles. The smallest absolute Gasteiger partial charge is 0.332 e. The Bertz CT molecular complexity index is 1120. The first-order valence-electron chi connectivity index (χ1n) is 13.0. The van der Waals surface area contributed by atoms with Gasteiger partial charge in [0, 0.05) is 0 Å². The molecule has 0 unspecified atom stereocenters. The third-order valence-electron chi connectivity index (χ3n) is 6.36. The summed E-state index contributed by atoms with van der Waals surface area (Å²) in [5, 5.41) is 0. The highest BCUT2D eigenvalue weighted by molar-refractivity contribution is 5.70. The lowest BCUT2D eigenvalue weighted by Gasteiger charge is -2.41. The molecule has 0 radical (unpaired) electrons. The van der Waals surface area contributed by atoms with E-state index < -0.39 is 5.60 Å². The molecule has 6 nitrogen and oxygen atoms in total. The number of carbonyl (C=O) groups excluding carboxylic acids is 1. The molecule has 1 heterocycles. The number of carbonyl (C=O) groups is 1. The van der Waals surface area contributed by atoms with Crippen molar-refractivity contribution in [1.82, 2.24) is 0 Å². The summed E-state index contributed by atoms with van der Waals surface area (Å²) >= 11 is 0. The van der Waals surface area contributed by atoms with Crippen molar-refractivity contribution in [2.24, 2.45) is 0 Å². The highest BCUT2D eigenvalue weighted by atomic mass is 16.6. The number of unbranched alkanes of at least 4 members (excludes halogenated alkanes) is 2. The average Bonchev–Trinajstić information content (AvgIpc) is 2.91. The molecule has 1 fully saturated rings. The van der Waals surface area contributed by atoms with Gasteiger partial charge < -0.3 is 23.7 Å². The zero-order chi connectivity index (χ0) is 25.9. The Kier molecular flexibility index (Phi) is 9.58. The van der Waals surface area contributed by atoms with Gasteiger partial charge in [-0.05, 0) is 65.9 Å². The van der Waals surface area contributed by atoms with E-state index in [2.05, 4.69) is 37.3 Å². The number of benzene rings is 3. The van der Waals surface area contributed by atoms with E-state index >= 15 is 0 Å². The van der Waals surface area contributed by atoms with Crippen LogP contribution in [0, 0.1) is 0 Å². The lowest BCUT2D eigenvalue weighted by molar-refractivity contribution is -0.221. The predicted molar refractivity (Wildman–Crippen MR) is 143 cm³/mol. The summed E-state index contributed by atoms with van der Waals surface area (Å²) < 4.78 is 28.1. The summed E-state index contributed by atoms with van der Waals surface area (Å²) in [6, 6.07) is 24.4. The van der Waals surface area contributed by atoms with Crippen LogP contribution in [0.25, 0.3) is 11.1 Å². The third-order valence-corrected chi connectivity index (χ3v) is 6.36. The summed E-state index contributed by atoms with van der Waals surface area (Å²) in [4.78, 5) is 11.7. The maximum absolute atomic E-state index is 11.7. The lowest BCUT2D eigenvalue weighted by atomic mass is 9.91. The zero-order valence-corrected chi connectivity index (χ0v) is 21.7. The molecule has 0 aliphatic carbocycles. The van der Waals surface area contributed by atoms with Gasteiger partial charge in [-0.1, -0.05) is 62.2 Å². The largest absolute Gasteiger partial charge is 0.494 e. The molecule has 0 saturated carbocycles. The molecular weight excluding hydrogens is 468 g/mol. The fraction of sp³-hybridized carbons (Fsp3) is 0.387. The van der Waals surface area contributed by atoms with Crippen LogP contribution in [-0.4, -0.2) is 39.0 Å². The molecule has 0 bridgehead atoms. The monoisotopic (exact) mass is 504 g/mol. The average molecular weight is 505 g/mol. The Morgan fingerprint density at radius 1 is 0.865 bits per heavy atom. The van der Waals surface area contributed by atoms with Gasteiger partial charge in [-0.15, -0.1) is 0 Å². The van der Waals surface area contributed by atoms with Gasteiger partial charge in [-0.25, -0.2) is 4.79 Å². The summed E-state index contributed by atoms with van der Waals surface area (Å²) in [6.07, 6.45) is 3.47. The highest BCUT2D eigenvalue weighted by Gasteiger charge is 2.42. The second kappa shape index (κ2) is 13.3. The van der Waals surface area contributed by atoms with Crippen molar-refractivity contribution in [2.75, 3.05) is 33.0 Å². The molecule has 0 spiro atoms. The maximum Gasteiger partial charge on any atom is 0.332 e. The molecule has 3 aromatic carbocycles. The molecule has 6 heteroatoms. The van der Waals surface area contributed by atoms with Crippen molar-refractivity contribution < 1.29 is 28.5 Å². The predicted octanol–water partition coefficient (Wildman–Crippen LogP) is 6.31. The number of rotatable bonds is 14. The minimum atomic E-state index is -0.615. The second-order valence-electron chi connectivity index (χ2n) is 9.17. The first-order chi connectivity index (χ1) is 18.1. The molecule has 0 aromatic heterocycles. The van der Waals surface area contributed by atoms with Crippen molar-refractivity contribution in [3.05, 3.63) is 83.9 Å². The topological polar surface area (TPSA) is 63.2 Å². The minimum absolute atomic E-state index is 0.0967. The van der Waals surface area contributed by atoms with E-state index in [1.165, 1.54) is 12.8 Å². The molecule has 4 rings (SSSR count). The Morgan fingerprint density at radius 3 is 2.27 bits per heavy atom. The van der Waals surface area contributed by atoms with Crippen molar-refractivity contribution in [3.63, 3.8) is 0 Å². The van der Waals surface area contributed by atoms with Gasteiger partial charge in [0.15, 0.2) is 0 Å². The molecule has 196 valence electrons.